The summed E-state index contributed by atoms with van der Waals surface area (Å²) in [6, 6.07) is 11.6. The third kappa shape index (κ3) is 4.49. The minimum atomic E-state index is -0.0119. The number of rotatable bonds is 6. The molecule has 0 aromatic heterocycles. The first kappa shape index (κ1) is 17.4. The Morgan fingerprint density at radius 1 is 1.22 bits per heavy atom. The molecule has 0 saturated carbocycles. The van der Waals surface area contributed by atoms with Crippen LogP contribution in [-0.2, 0) is 17.8 Å². The molecule has 0 aliphatic carbocycles. The summed E-state index contributed by atoms with van der Waals surface area (Å²) in [7, 11) is 0. The fourth-order valence-corrected chi connectivity index (χ4v) is 2.54. The van der Waals surface area contributed by atoms with Gasteiger partial charge in [-0.15, -0.1) is 0 Å². The molecule has 0 atom stereocenters. The molecule has 0 spiro atoms. The molecule has 0 fully saturated rings. The van der Waals surface area contributed by atoms with Crippen molar-refractivity contribution in [3.63, 3.8) is 0 Å². The lowest BCUT2D eigenvalue weighted by Gasteiger charge is -2.15. The molecule has 122 valence electrons. The largest absolute Gasteiger partial charge is 0.487 e. The molecule has 1 amide bonds. The standard InChI is InChI=1S/C19H22ClNO2/c1-4-14-9-10-18(16(20)11-14)23-12-15-13(3)7-6-8-17(15)21-19(22)5-2/h6-11H,4-5,12H2,1-3H3,(H,21,22). The van der Waals surface area contributed by atoms with Crippen molar-refractivity contribution in [3.8, 4) is 5.75 Å². The highest BCUT2D eigenvalue weighted by Crippen LogP contribution is 2.28. The Morgan fingerprint density at radius 3 is 2.65 bits per heavy atom. The van der Waals surface area contributed by atoms with Gasteiger partial charge >= 0.3 is 0 Å². The summed E-state index contributed by atoms with van der Waals surface area (Å²) < 4.78 is 5.88. The smallest absolute Gasteiger partial charge is 0.224 e. The summed E-state index contributed by atoms with van der Waals surface area (Å²) in [6.07, 6.45) is 1.38. The van der Waals surface area contributed by atoms with Gasteiger partial charge in [-0.2, -0.15) is 0 Å². The second-order valence-corrected chi connectivity index (χ2v) is 5.82. The average Bonchev–Trinajstić information content (AvgIpc) is 2.55. The Hall–Kier alpha value is -2.00. The zero-order chi connectivity index (χ0) is 16.8. The van der Waals surface area contributed by atoms with Crippen molar-refractivity contribution < 1.29 is 9.53 Å². The molecule has 2 rings (SSSR count). The molecule has 2 aromatic carbocycles. The molecule has 1 N–H and O–H groups in total. The number of carbonyl (C=O) groups excluding carboxylic acids is 1. The van der Waals surface area contributed by atoms with E-state index in [1.54, 1.807) is 0 Å². The highest BCUT2D eigenvalue weighted by molar-refractivity contribution is 6.32. The maximum Gasteiger partial charge on any atom is 0.224 e. The fraction of sp³-hybridized carbons (Fsp3) is 0.316. The van der Waals surface area contributed by atoms with Gasteiger partial charge in [0.2, 0.25) is 5.91 Å². The first-order valence-corrected chi connectivity index (χ1v) is 8.22. The predicted octanol–water partition coefficient (Wildman–Crippen LogP) is 5.14. The zero-order valence-corrected chi connectivity index (χ0v) is 14.5. The monoisotopic (exact) mass is 331 g/mol. The maximum atomic E-state index is 11.7. The van der Waals surface area contributed by atoms with E-state index in [4.69, 9.17) is 16.3 Å². The van der Waals surface area contributed by atoms with E-state index in [1.807, 2.05) is 50.2 Å². The number of hydrogen-bond donors (Lipinski definition) is 1. The topological polar surface area (TPSA) is 38.3 Å². The van der Waals surface area contributed by atoms with E-state index in [1.165, 1.54) is 5.56 Å². The van der Waals surface area contributed by atoms with Gasteiger partial charge in [0.1, 0.15) is 12.4 Å². The minimum Gasteiger partial charge on any atom is -0.487 e. The zero-order valence-electron chi connectivity index (χ0n) is 13.8. The number of hydrogen-bond acceptors (Lipinski definition) is 2. The number of carbonyl (C=O) groups is 1. The first-order chi connectivity index (χ1) is 11.0. The van der Waals surface area contributed by atoms with Gasteiger partial charge in [0.15, 0.2) is 0 Å². The quantitative estimate of drug-likeness (QED) is 0.796. The molecule has 0 heterocycles. The van der Waals surface area contributed by atoms with Gasteiger partial charge in [0.25, 0.3) is 0 Å². The van der Waals surface area contributed by atoms with E-state index in [-0.39, 0.29) is 5.91 Å². The summed E-state index contributed by atoms with van der Waals surface area (Å²) in [5, 5.41) is 3.53. The van der Waals surface area contributed by atoms with Gasteiger partial charge in [-0.05, 0) is 42.7 Å². The van der Waals surface area contributed by atoms with E-state index < -0.39 is 0 Å². The van der Waals surface area contributed by atoms with Crippen LogP contribution in [0.4, 0.5) is 5.69 Å². The van der Waals surface area contributed by atoms with Crippen molar-refractivity contribution in [2.24, 2.45) is 0 Å². The number of benzene rings is 2. The van der Waals surface area contributed by atoms with Gasteiger partial charge in [-0.1, -0.05) is 43.6 Å². The van der Waals surface area contributed by atoms with Crippen LogP contribution in [-0.4, -0.2) is 5.91 Å². The molecule has 2 aromatic rings. The van der Waals surface area contributed by atoms with Crippen LogP contribution in [0.2, 0.25) is 5.02 Å². The second kappa shape index (κ2) is 8.02. The highest BCUT2D eigenvalue weighted by Gasteiger charge is 2.10. The lowest BCUT2D eigenvalue weighted by Crippen LogP contribution is -2.13. The average molecular weight is 332 g/mol. The lowest BCUT2D eigenvalue weighted by molar-refractivity contribution is -0.115. The van der Waals surface area contributed by atoms with E-state index in [0.29, 0.717) is 23.8 Å². The molecule has 3 nitrogen and oxygen atoms in total. The Kier molecular flexibility index (Phi) is 6.05. The van der Waals surface area contributed by atoms with Crippen molar-refractivity contribution in [2.45, 2.75) is 40.2 Å². The highest BCUT2D eigenvalue weighted by atomic mass is 35.5. The van der Waals surface area contributed by atoms with Crippen LogP contribution in [0.25, 0.3) is 0 Å². The van der Waals surface area contributed by atoms with E-state index in [0.717, 1.165) is 23.2 Å². The summed E-state index contributed by atoms with van der Waals surface area (Å²) in [6.45, 7) is 6.28. The summed E-state index contributed by atoms with van der Waals surface area (Å²) in [5.41, 5.74) is 4.00. The molecule has 0 unspecified atom stereocenters. The van der Waals surface area contributed by atoms with Crippen LogP contribution < -0.4 is 10.1 Å². The van der Waals surface area contributed by atoms with Crippen molar-refractivity contribution >= 4 is 23.2 Å². The van der Waals surface area contributed by atoms with Crippen molar-refractivity contribution in [1.29, 1.82) is 0 Å². The molecule has 0 aliphatic heterocycles. The fourth-order valence-electron chi connectivity index (χ4n) is 2.28. The van der Waals surface area contributed by atoms with Crippen LogP contribution in [0, 0.1) is 6.92 Å². The number of aryl methyl sites for hydroxylation is 2. The second-order valence-electron chi connectivity index (χ2n) is 5.41. The molecular formula is C19H22ClNO2. The molecular weight excluding hydrogens is 310 g/mol. The number of ether oxygens (including phenoxy) is 1. The van der Waals surface area contributed by atoms with Crippen molar-refractivity contribution in [3.05, 3.63) is 58.1 Å². The van der Waals surface area contributed by atoms with Gasteiger partial charge in [-0.25, -0.2) is 0 Å². The van der Waals surface area contributed by atoms with Crippen molar-refractivity contribution in [1.82, 2.24) is 0 Å². The summed E-state index contributed by atoms with van der Waals surface area (Å²) >= 11 is 6.27. The predicted molar refractivity (Wildman–Crippen MR) is 95.3 cm³/mol. The van der Waals surface area contributed by atoms with Crippen molar-refractivity contribution in [2.75, 3.05) is 5.32 Å². The number of halogens is 1. The third-order valence-corrected chi connectivity index (χ3v) is 4.08. The van der Waals surface area contributed by atoms with Gasteiger partial charge in [0, 0.05) is 17.7 Å². The van der Waals surface area contributed by atoms with E-state index in [2.05, 4.69) is 12.2 Å². The van der Waals surface area contributed by atoms with E-state index >= 15 is 0 Å². The van der Waals surface area contributed by atoms with Crippen LogP contribution >= 0.6 is 11.6 Å². The first-order valence-electron chi connectivity index (χ1n) is 7.84. The van der Waals surface area contributed by atoms with Crippen LogP contribution in [0.5, 0.6) is 5.75 Å². The van der Waals surface area contributed by atoms with Gasteiger partial charge in [-0.3, -0.25) is 4.79 Å². The Bertz CT molecular complexity index is 698. The molecule has 4 heteroatoms. The maximum absolute atomic E-state index is 11.7. The summed E-state index contributed by atoms with van der Waals surface area (Å²) in [5.74, 6) is 0.641. The van der Waals surface area contributed by atoms with Crippen LogP contribution in [0.3, 0.4) is 0 Å². The number of amides is 1. The third-order valence-electron chi connectivity index (χ3n) is 3.78. The molecule has 23 heavy (non-hydrogen) atoms. The number of anilines is 1. The van der Waals surface area contributed by atoms with E-state index in [9.17, 15) is 4.79 Å². The Labute approximate surface area is 142 Å². The van der Waals surface area contributed by atoms with Gasteiger partial charge in [0.05, 0.1) is 5.02 Å². The molecule has 0 radical (unpaired) electrons. The molecule has 0 aliphatic rings. The summed E-state index contributed by atoms with van der Waals surface area (Å²) in [4.78, 5) is 11.7. The number of nitrogens with one attached hydrogen (secondary N) is 1. The SMILES string of the molecule is CCC(=O)Nc1cccc(C)c1COc1ccc(CC)cc1Cl. The molecule has 0 bridgehead atoms. The lowest BCUT2D eigenvalue weighted by atomic mass is 10.1. The van der Waals surface area contributed by atoms with Crippen LogP contribution in [0.1, 0.15) is 37.0 Å². The molecule has 0 saturated heterocycles. The Morgan fingerprint density at radius 2 is 2.00 bits per heavy atom. The minimum absolute atomic E-state index is 0.0119. The Balaban J connectivity index is 2.18. The van der Waals surface area contributed by atoms with Crippen LogP contribution in [0.15, 0.2) is 36.4 Å². The van der Waals surface area contributed by atoms with Gasteiger partial charge < -0.3 is 10.1 Å². The normalized spacial score (nSPS) is 10.4.